The fraction of sp³-hybridized carbons (Fsp3) is 0.905. The fourth-order valence-electron chi connectivity index (χ4n) is 3.02. The van der Waals surface area contributed by atoms with E-state index in [9.17, 15) is 9.59 Å². The lowest BCUT2D eigenvalue weighted by molar-refractivity contribution is -0.123. The van der Waals surface area contributed by atoms with Crippen LogP contribution in [-0.2, 0) is 9.59 Å². The van der Waals surface area contributed by atoms with Crippen LogP contribution >= 0.6 is 0 Å². The molecule has 0 spiro atoms. The van der Waals surface area contributed by atoms with E-state index in [1.807, 2.05) is 0 Å². The molecule has 142 valence electrons. The lowest BCUT2D eigenvalue weighted by atomic mass is 10.0. The molecule has 0 heterocycles. The first-order valence-corrected chi connectivity index (χ1v) is 10.4. The van der Waals surface area contributed by atoms with E-state index in [0.717, 1.165) is 19.1 Å². The highest BCUT2D eigenvalue weighted by atomic mass is 16.2. The number of carbonyl (C=O) groups excluding carboxylic acids is 2. The van der Waals surface area contributed by atoms with Gasteiger partial charge in [0.1, 0.15) is 6.29 Å². The Balaban J connectivity index is 3.12. The average Bonchev–Trinajstić information content (AvgIpc) is 2.58. The van der Waals surface area contributed by atoms with Crippen molar-refractivity contribution in [2.75, 3.05) is 0 Å². The summed E-state index contributed by atoms with van der Waals surface area (Å²) in [5.74, 6) is 0.00398. The van der Waals surface area contributed by atoms with Gasteiger partial charge in [-0.2, -0.15) is 0 Å². The zero-order valence-electron chi connectivity index (χ0n) is 16.3. The number of amides is 1. The highest BCUT2D eigenvalue weighted by molar-refractivity contribution is 5.79. The minimum absolute atomic E-state index is 0.00398. The predicted molar refractivity (Wildman–Crippen MR) is 103 cm³/mol. The molecule has 1 N–H and O–H groups in total. The second-order valence-corrected chi connectivity index (χ2v) is 7.19. The maximum Gasteiger partial charge on any atom is 0.220 e. The number of nitrogens with one attached hydrogen (secondary N) is 1. The zero-order chi connectivity index (χ0) is 17.9. The van der Waals surface area contributed by atoms with Gasteiger partial charge in [0.25, 0.3) is 0 Å². The molecule has 0 aliphatic rings. The van der Waals surface area contributed by atoms with E-state index in [2.05, 4.69) is 12.2 Å². The van der Waals surface area contributed by atoms with Gasteiger partial charge in [-0.25, -0.2) is 0 Å². The van der Waals surface area contributed by atoms with Crippen molar-refractivity contribution in [1.29, 1.82) is 0 Å². The summed E-state index contributed by atoms with van der Waals surface area (Å²) in [6, 6.07) is -0.353. The van der Waals surface area contributed by atoms with Crippen molar-refractivity contribution in [2.24, 2.45) is 0 Å². The number of unbranched alkanes of at least 4 members (excludes halogenated alkanes) is 14. The standard InChI is InChI=1S/C21H41NO2/c1-3-4-5-6-7-8-9-10-11-12-13-14-15-16-17-18-21(24)22-20(2)19-23/h19-20H,3-18H2,1-2H3,(H,22,24)/t20-/m0/s1. The summed E-state index contributed by atoms with van der Waals surface area (Å²) >= 11 is 0. The molecular formula is C21H41NO2. The minimum Gasteiger partial charge on any atom is -0.347 e. The lowest BCUT2D eigenvalue weighted by Crippen LogP contribution is -2.33. The van der Waals surface area contributed by atoms with Crippen LogP contribution in [0.25, 0.3) is 0 Å². The van der Waals surface area contributed by atoms with Gasteiger partial charge in [-0.15, -0.1) is 0 Å². The van der Waals surface area contributed by atoms with Gasteiger partial charge in [-0.05, 0) is 13.3 Å². The van der Waals surface area contributed by atoms with Gasteiger partial charge in [0.15, 0.2) is 0 Å². The van der Waals surface area contributed by atoms with Crippen LogP contribution in [0.15, 0.2) is 0 Å². The summed E-state index contributed by atoms with van der Waals surface area (Å²) in [5.41, 5.74) is 0. The van der Waals surface area contributed by atoms with E-state index in [-0.39, 0.29) is 11.9 Å². The molecule has 3 nitrogen and oxygen atoms in total. The molecule has 1 amide bonds. The SMILES string of the molecule is CCCCCCCCCCCCCCCCCC(=O)N[C@@H](C)C=O. The Morgan fingerprint density at radius 1 is 0.750 bits per heavy atom. The average molecular weight is 340 g/mol. The van der Waals surface area contributed by atoms with Gasteiger partial charge in [0.05, 0.1) is 6.04 Å². The summed E-state index contributed by atoms with van der Waals surface area (Å²) in [7, 11) is 0. The van der Waals surface area contributed by atoms with Crippen molar-refractivity contribution in [1.82, 2.24) is 5.32 Å². The summed E-state index contributed by atoms with van der Waals surface area (Å²) in [4.78, 5) is 21.9. The molecule has 0 unspecified atom stereocenters. The lowest BCUT2D eigenvalue weighted by Gasteiger charge is -2.07. The van der Waals surface area contributed by atoms with Crippen LogP contribution < -0.4 is 5.32 Å². The second-order valence-electron chi connectivity index (χ2n) is 7.19. The molecule has 0 rings (SSSR count). The molecule has 0 radical (unpaired) electrons. The third-order valence-electron chi connectivity index (χ3n) is 4.60. The van der Waals surface area contributed by atoms with Crippen molar-refractivity contribution in [3.63, 3.8) is 0 Å². The quantitative estimate of drug-likeness (QED) is 0.248. The number of hydrogen-bond donors (Lipinski definition) is 1. The molecular weight excluding hydrogens is 298 g/mol. The summed E-state index contributed by atoms with van der Waals surface area (Å²) in [5, 5.41) is 2.67. The Morgan fingerprint density at radius 2 is 1.12 bits per heavy atom. The summed E-state index contributed by atoms with van der Waals surface area (Å²) < 4.78 is 0. The van der Waals surface area contributed by atoms with Crippen molar-refractivity contribution in [3.8, 4) is 0 Å². The molecule has 0 fully saturated rings. The number of rotatable bonds is 18. The van der Waals surface area contributed by atoms with Crippen molar-refractivity contribution in [3.05, 3.63) is 0 Å². The van der Waals surface area contributed by atoms with E-state index in [1.54, 1.807) is 6.92 Å². The molecule has 0 aromatic carbocycles. The maximum atomic E-state index is 11.5. The topological polar surface area (TPSA) is 46.2 Å². The van der Waals surface area contributed by atoms with Crippen LogP contribution in [0.1, 0.15) is 117 Å². The first-order valence-electron chi connectivity index (χ1n) is 10.4. The largest absolute Gasteiger partial charge is 0.347 e. The van der Waals surface area contributed by atoms with Crippen LogP contribution in [-0.4, -0.2) is 18.2 Å². The van der Waals surface area contributed by atoms with Gasteiger partial charge in [0.2, 0.25) is 5.91 Å². The van der Waals surface area contributed by atoms with Crippen molar-refractivity contribution < 1.29 is 9.59 Å². The number of aldehydes is 1. The Kier molecular flexibility index (Phi) is 17.8. The van der Waals surface area contributed by atoms with Crippen LogP contribution in [0.3, 0.4) is 0 Å². The number of carbonyl (C=O) groups is 2. The van der Waals surface area contributed by atoms with Gasteiger partial charge < -0.3 is 10.1 Å². The molecule has 0 bridgehead atoms. The van der Waals surface area contributed by atoms with E-state index in [1.165, 1.54) is 83.5 Å². The first-order chi connectivity index (χ1) is 11.7. The first kappa shape index (κ1) is 23.1. The highest BCUT2D eigenvalue weighted by Gasteiger charge is 2.04. The molecule has 0 saturated carbocycles. The predicted octanol–water partition coefficient (Wildman–Crippen LogP) is 5.95. The monoisotopic (exact) mass is 339 g/mol. The van der Waals surface area contributed by atoms with Gasteiger partial charge in [-0.3, -0.25) is 4.79 Å². The molecule has 0 aliphatic carbocycles. The smallest absolute Gasteiger partial charge is 0.220 e. The maximum absolute atomic E-state index is 11.5. The molecule has 0 saturated heterocycles. The molecule has 0 aromatic rings. The van der Waals surface area contributed by atoms with Gasteiger partial charge in [0, 0.05) is 6.42 Å². The van der Waals surface area contributed by atoms with Crippen LogP contribution in [0.4, 0.5) is 0 Å². The van der Waals surface area contributed by atoms with E-state index >= 15 is 0 Å². The van der Waals surface area contributed by atoms with Crippen molar-refractivity contribution >= 4 is 12.2 Å². The van der Waals surface area contributed by atoms with Crippen LogP contribution in [0.5, 0.6) is 0 Å². The Bertz CT molecular complexity index is 292. The molecule has 1 atom stereocenters. The van der Waals surface area contributed by atoms with E-state index in [0.29, 0.717) is 6.42 Å². The van der Waals surface area contributed by atoms with E-state index < -0.39 is 0 Å². The highest BCUT2D eigenvalue weighted by Crippen LogP contribution is 2.13. The Hall–Kier alpha value is -0.860. The number of hydrogen-bond acceptors (Lipinski definition) is 2. The Morgan fingerprint density at radius 3 is 1.50 bits per heavy atom. The summed E-state index contributed by atoms with van der Waals surface area (Å²) in [6.07, 6.45) is 21.3. The summed E-state index contributed by atoms with van der Waals surface area (Å²) in [6.45, 7) is 3.98. The van der Waals surface area contributed by atoms with E-state index in [4.69, 9.17) is 0 Å². The Labute approximate surface area is 150 Å². The zero-order valence-corrected chi connectivity index (χ0v) is 16.3. The van der Waals surface area contributed by atoms with Gasteiger partial charge in [-0.1, -0.05) is 96.8 Å². The van der Waals surface area contributed by atoms with Gasteiger partial charge >= 0.3 is 0 Å². The molecule has 24 heavy (non-hydrogen) atoms. The fourth-order valence-corrected chi connectivity index (χ4v) is 3.02. The molecule has 3 heteroatoms. The minimum atomic E-state index is -0.353. The molecule has 0 aliphatic heterocycles. The van der Waals surface area contributed by atoms with Crippen LogP contribution in [0.2, 0.25) is 0 Å². The second kappa shape index (κ2) is 18.5. The third-order valence-corrected chi connectivity index (χ3v) is 4.60. The normalized spacial score (nSPS) is 12.1. The molecule has 0 aromatic heterocycles. The van der Waals surface area contributed by atoms with Crippen LogP contribution in [0, 0.1) is 0 Å². The third kappa shape index (κ3) is 17.5. The van der Waals surface area contributed by atoms with Crippen molar-refractivity contribution in [2.45, 2.75) is 123 Å².